The molecule has 9 heteroatoms. The molecule has 0 radical (unpaired) electrons. The summed E-state index contributed by atoms with van der Waals surface area (Å²) in [6, 6.07) is 6.08. The van der Waals surface area contributed by atoms with E-state index in [1.807, 2.05) is 13.8 Å². The van der Waals surface area contributed by atoms with Crippen LogP contribution in [-0.4, -0.2) is 47.1 Å². The minimum absolute atomic E-state index is 0.000799. The first kappa shape index (κ1) is 29.7. The number of carbonyl (C=O) groups is 4. The minimum Gasteiger partial charge on any atom is -0.425 e. The standard InChI is InChI=1S/C30H36N2O7/c1-6-17(3)18(4)29(36)38-19(5)39-30(37)27-24(10-11-26(32-27)28(35)31-14-20-8-9-20)25-13-22(15-33)21(7-2)12-23(25)16-34/h7,10-13,16-20,33H,2,6,8-9,14-15H2,1,3-5H3,(H,31,35)/t17-,18-,19?/m0/s1. The van der Waals surface area contributed by atoms with Crippen LogP contribution in [-0.2, 0) is 20.9 Å². The second kappa shape index (κ2) is 13.3. The predicted octanol–water partition coefficient (Wildman–Crippen LogP) is 4.56. The smallest absolute Gasteiger partial charge is 0.360 e. The molecule has 3 atom stereocenters. The third-order valence-corrected chi connectivity index (χ3v) is 7.11. The molecule has 1 aromatic heterocycles. The number of hydrogen-bond acceptors (Lipinski definition) is 8. The summed E-state index contributed by atoms with van der Waals surface area (Å²) in [5, 5.41) is 12.7. The number of rotatable bonds is 13. The summed E-state index contributed by atoms with van der Waals surface area (Å²) in [4.78, 5) is 54.9. The monoisotopic (exact) mass is 536 g/mol. The molecule has 1 saturated carbocycles. The number of amides is 1. The molecular weight excluding hydrogens is 500 g/mol. The number of ether oxygens (including phenoxy) is 2. The van der Waals surface area contributed by atoms with Crippen LogP contribution in [0.25, 0.3) is 17.2 Å². The summed E-state index contributed by atoms with van der Waals surface area (Å²) in [5.74, 6) is -1.74. The number of pyridine rings is 1. The molecule has 9 nitrogen and oxygen atoms in total. The van der Waals surface area contributed by atoms with Gasteiger partial charge in [0.2, 0.25) is 6.29 Å². The molecular formula is C30H36N2O7. The maximum atomic E-state index is 13.4. The molecule has 1 aromatic carbocycles. The van der Waals surface area contributed by atoms with Crippen LogP contribution < -0.4 is 5.32 Å². The van der Waals surface area contributed by atoms with Crippen molar-refractivity contribution in [2.75, 3.05) is 6.54 Å². The van der Waals surface area contributed by atoms with Gasteiger partial charge in [-0.05, 0) is 65.6 Å². The Bertz CT molecular complexity index is 1250. The van der Waals surface area contributed by atoms with Gasteiger partial charge in [-0.15, -0.1) is 0 Å². The Labute approximate surface area is 228 Å². The number of aromatic nitrogens is 1. The average molecular weight is 537 g/mol. The van der Waals surface area contributed by atoms with E-state index >= 15 is 0 Å². The first-order chi connectivity index (χ1) is 18.6. The molecule has 208 valence electrons. The topological polar surface area (TPSA) is 132 Å². The molecule has 0 saturated heterocycles. The van der Waals surface area contributed by atoms with E-state index in [0.29, 0.717) is 35.4 Å². The number of esters is 2. The van der Waals surface area contributed by atoms with E-state index in [-0.39, 0.29) is 35.0 Å². The first-order valence-corrected chi connectivity index (χ1v) is 13.2. The molecule has 1 amide bonds. The highest BCUT2D eigenvalue weighted by molar-refractivity contribution is 6.01. The summed E-state index contributed by atoms with van der Waals surface area (Å²) < 4.78 is 10.8. The molecule has 1 aliphatic carbocycles. The van der Waals surface area contributed by atoms with Crippen LogP contribution in [0.4, 0.5) is 0 Å². The van der Waals surface area contributed by atoms with Crippen molar-refractivity contribution in [2.24, 2.45) is 17.8 Å². The van der Waals surface area contributed by atoms with Gasteiger partial charge in [-0.2, -0.15) is 0 Å². The lowest BCUT2D eigenvalue weighted by molar-refractivity contribution is -0.171. The number of nitrogens with zero attached hydrogens (tertiary/aromatic N) is 1. The second-order valence-electron chi connectivity index (χ2n) is 9.95. The van der Waals surface area contributed by atoms with Crippen molar-refractivity contribution in [1.82, 2.24) is 10.3 Å². The molecule has 1 fully saturated rings. The summed E-state index contributed by atoms with van der Waals surface area (Å²) in [5.41, 5.74) is 1.58. The van der Waals surface area contributed by atoms with Crippen molar-refractivity contribution in [2.45, 2.75) is 59.9 Å². The number of carbonyl (C=O) groups excluding carboxylic acids is 4. The zero-order chi connectivity index (χ0) is 28.7. The van der Waals surface area contributed by atoms with Gasteiger partial charge in [0.25, 0.3) is 5.91 Å². The van der Waals surface area contributed by atoms with Crippen molar-refractivity contribution < 1.29 is 33.8 Å². The van der Waals surface area contributed by atoms with Crippen molar-refractivity contribution in [1.29, 1.82) is 0 Å². The van der Waals surface area contributed by atoms with Gasteiger partial charge in [-0.3, -0.25) is 14.4 Å². The van der Waals surface area contributed by atoms with Crippen molar-refractivity contribution in [3.05, 3.63) is 58.9 Å². The lowest BCUT2D eigenvalue weighted by Crippen LogP contribution is -2.29. The van der Waals surface area contributed by atoms with Gasteiger partial charge in [0.05, 0.1) is 12.5 Å². The van der Waals surface area contributed by atoms with Gasteiger partial charge in [-0.25, -0.2) is 9.78 Å². The number of aliphatic hydroxyl groups excluding tert-OH is 1. The predicted molar refractivity (Wildman–Crippen MR) is 146 cm³/mol. The van der Waals surface area contributed by atoms with Crippen LogP contribution in [0.3, 0.4) is 0 Å². The van der Waals surface area contributed by atoms with Gasteiger partial charge in [-0.1, -0.05) is 39.8 Å². The second-order valence-corrected chi connectivity index (χ2v) is 9.95. The Balaban J connectivity index is 1.98. The molecule has 0 aliphatic heterocycles. The van der Waals surface area contributed by atoms with E-state index in [2.05, 4.69) is 16.9 Å². The fourth-order valence-electron chi connectivity index (χ4n) is 4.03. The highest BCUT2D eigenvalue weighted by atomic mass is 16.7. The number of benzene rings is 1. The van der Waals surface area contributed by atoms with Crippen molar-refractivity contribution >= 4 is 30.2 Å². The molecule has 1 unspecified atom stereocenters. The highest BCUT2D eigenvalue weighted by Gasteiger charge is 2.27. The molecule has 39 heavy (non-hydrogen) atoms. The SMILES string of the molecule is C=Cc1cc(C=O)c(-c2ccc(C(=O)NCC3CC3)nc2C(=O)OC(C)OC(=O)[C@@H](C)[C@@H](C)CC)cc1CO. The molecule has 2 N–H and O–H groups in total. The van der Waals surface area contributed by atoms with E-state index in [4.69, 9.17) is 9.47 Å². The normalized spacial score (nSPS) is 15.0. The minimum atomic E-state index is -1.22. The molecule has 3 rings (SSSR count). The van der Waals surface area contributed by atoms with E-state index in [9.17, 15) is 24.3 Å². The molecule has 0 spiro atoms. The Kier molecular flexibility index (Phi) is 10.1. The maximum Gasteiger partial charge on any atom is 0.360 e. The van der Waals surface area contributed by atoms with E-state index in [1.165, 1.54) is 25.1 Å². The number of aliphatic hydroxyl groups is 1. The highest BCUT2D eigenvalue weighted by Crippen LogP contribution is 2.31. The van der Waals surface area contributed by atoms with Crippen LogP contribution >= 0.6 is 0 Å². The largest absolute Gasteiger partial charge is 0.425 e. The van der Waals surface area contributed by atoms with E-state index < -0.39 is 30.1 Å². The van der Waals surface area contributed by atoms with E-state index in [0.717, 1.165) is 19.3 Å². The zero-order valence-electron chi connectivity index (χ0n) is 22.9. The quantitative estimate of drug-likeness (QED) is 0.216. The first-order valence-electron chi connectivity index (χ1n) is 13.2. The summed E-state index contributed by atoms with van der Waals surface area (Å²) in [6.45, 7) is 11.0. The van der Waals surface area contributed by atoms with Crippen LogP contribution in [0.2, 0.25) is 0 Å². The van der Waals surface area contributed by atoms with Crippen molar-refractivity contribution in [3.8, 4) is 11.1 Å². The van der Waals surface area contributed by atoms with Gasteiger partial charge in [0, 0.05) is 24.6 Å². The zero-order valence-corrected chi connectivity index (χ0v) is 22.9. The fraction of sp³-hybridized carbons (Fsp3) is 0.433. The summed E-state index contributed by atoms with van der Waals surface area (Å²) in [6.07, 6.45) is 3.81. The van der Waals surface area contributed by atoms with E-state index in [1.54, 1.807) is 19.1 Å². The summed E-state index contributed by atoms with van der Waals surface area (Å²) >= 11 is 0. The Morgan fingerprint density at radius 2 is 1.85 bits per heavy atom. The van der Waals surface area contributed by atoms with Gasteiger partial charge < -0.3 is 19.9 Å². The Hall–Kier alpha value is -3.85. The fourth-order valence-corrected chi connectivity index (χ4v) is 4.03. The van der Waals surface area contributed by atoms with Gasteiger partial charge in [0.1, 0.15) is 5.69 Å². The van der Waals surface area contributed by atoms with Gasteiger partial charge in [0.15, 0.2) is 12.0 Å². The molecule has 2 aromatic rings. The number of aldehydes is 1. The number of hydrogen-bond donors (Lipinski definition) is 2. The third-order valence-electron chi connectivity index (χ3n) is 7.11. The molecule has 0 bridgehead atoms. The maximum absolute atomic E-state index is 13.4. The van der Waals surface area contributed by atoms with Crippen LogP contribution in [0.5, 0.6) is 0 Å². The lowest BCUT2D eigenvalue weighted by Gasteiger charge is -2.21. The number of nitrogens with one attached hydrogen (secondary N) is 1. The lowest BCUT2D eigenvalue weighted by atomic mass is 9.93. The molecule has 1 aliphatic rings. The van der Waals surface area contributed by atoms with Crippen LogP contribution in [0.1, 0.15) is 89.4 Å². The average Bonchev–Trinajstić information content (AvgIpc) is 3.78. The summed E-state index contributed by atoms with van der Waals surface area (Å²) in [7, 11) is 0. The third kappa shape index (κ3) is 7.38. The van der Waals surface area contributed by atoms with Crippen LogP contribution in [0.15, 0.2) is 30.8 Å². The van der Waals surface area contributed by atoms with Crippen molar-refractivity contribution in [3.63, 3.8) is 0 Å². The molecule has 1 heterocycles. The Morgan fingerprint density at radius 1 is 1.13 bits per heavy atom. The Morgan fingerprint density at radius 3 is 2.44 bits per heavy atom. The van der Waals surface area contributed by atoms with Gasteiger partial charge >= 0.3 is 11.9 Å². The van der Waals surface area contributed by atoms with Crippen LogP contribution in [0, 0.1) is 17.8 Å².